The normalized spacial score (nSPS) is 19.4. The Hall–Kier alpha value is -4.38. The van der Waals surface area contributed by atoms with E-state index in [1.165, 1.54) is 12.2 Å². The number of nitrogens with zero attached hydrogens (tertiary/aromatic N) is 5. The number of anilines is 1. The van der Waals surface area contributed by atoms with Crippen LogP contribution in [0.2, 0.25) is 0 Å². The lowest BCUT2D eigenvalue weighted by atomic mass is 9.85. The molecule has 38 heavy (non-hydrogen) atoms. The second-order valence-corrected chi connectivity index (χ2v) is 9.94. The fourth-order valence-electron chi connectivity index (χ4n) is 5.00. The Balaban J connectivity index is 1.45. The van der Waals surface area contributed by atoms with Crippen molar-refractivity contribution in [1.29, 1.82) is 5.41 Å². The van der Waals surface area contributed by atoms with E-state index < -0.39 is 11.3 Å². The number of nitrogens with one attached hydrogen (secondary N) is 1. The number of aliphatic imine (C=N–C) groups is 1. The quantitative estimate of drug-likeness (QED) is 0.336. The Morgan fingerprint density at radius 2 is 2.03 bits per heavy atom. The molecule has 5 N–H and O–H groups in total. The van der Waals surface area contributed by atoms with Gasteiger partial charge in [0.15, 0.2) is 0 Å². The van der Waals surface area contributed by atoms with Gasteiger partial charge in [-0.05, 0) is 44.1 Å². The first kappa shape index (κ1) is 25.3. The second kappa shape index (κ2) is 10.2. The zero-order valence-corrected chi connectivity index (χ0v) is 21.1. The monoisotopic (exact) mass is 514 g/mol. The number of likely N-dealkylation sites (tertiary alicyclic amines) is 1. The molecule has 2 saturated heterocycles. The average molecular weight is 515 g/mol. The summed E-state index contributed by atoms with van der Waals surface area (Å²) in [6.45, 7) is 4.18. The molecule has 11 nitrogen and oxygen atoms in total. The minimum Gasteiger partial charge on any atom is -0.384 e. The molecule has 0 unspecified atom stereocenters. The number of hydrogen-bond acceptors (Lipinski definition) is 7. The van der Waals surface area contributed by atoms with Crippen molar-refractivity contribution in [3.63, 3.8) is 0 Å². The second-order valence-electron chi connectivity index (χ2n) is 9.94. The van der Waals surface area contributed by atoms with Crippen LogP contribution in [0.4, 0.5) is 5.82 Å². The maximum Gasteiger partial charge on any atom is 0.278 e. The number of carbonyl (C=O) groups excluding carboxylic acids is 2. The van der Waals surface area contributed by atoms with Crippen LogP contribution in [0.25, 0.3) is 16.8 Å². The van der Waals surface area contributed by atoms with Gasteiger partial charge in [-0.1, -0.05) is 12.1 Å². The molecule has 0 spiro atoms. The number of ether oxygens (including phenoxy) is 1. The summed E-state index contributed by atoms with van der Waals surface area (Å²) < 4.78 is 7.27. The molecule has 0 radical (unpaired) electrons. The van der Waals surface area contributed by atoms with Gasteiger partial charge >= 0.3 is 0 Å². The van der Waals surface area contributed by atoms with E-state index in [-0.39, 0.29) is 17.7 Å². The molecule has 2 aliphatic heterocycles. The molecule has 196 valence electrons. The Kier molecular flexibility index (Phi) is 6.77. The first-order chi connectivity index (χ1) is 18.3. The van der Waals surface area contributed by atoms with Crippen LogP contribution >= 0.6 is 0 Å². The summed E-state index contributed by atoms with van der Waals surface area (Å²) in [5.74, 6) is 0.870. The van der Waals surface area contributed by atoms with E-state index in [2.05, 4.69) is 9.98 Å². The topological polar surface area (TPSA) is 165 Å². The Labute approximate surface area is 219 Å². The fourth-order valence-corrected chi connectivity index (χ4v) is 5.00. The van der Waals surface area contributed by atoms with Crippen molar-refractivity contribution in [3.8, 4) is 11.3 Å². The fraction of sp³-hybridized carbons (Fsp3) is 0.333. The van der Waals surface area contributed by atoms with Gasteiger partial charge in [0, 0.05) is 48.7 Å². The predicted octanol–water partition coefficient (Wildman–Crippen LogP) is 2.42. The number of hydrogen-bond donors (Lipinski definition) is 3. The molecule has 2 aliphatic rings. The number of fused-ring (bicyclic) bond motifs is 1. The molecule has 2 amide bonds. The van der Waals surface area contributed by atoms with Crippen LogP contribution in [0.1, 0.15) is 41.9 Å². The summed E-state index contributed by atoms with van der Waals surface area (Å²) in [6.07, 6.45) is 9.10. The van der Waals surface area contributed by atoms with Crippen LogP contribution in [-0.4, -0.2) is 69.4 Å². The number of allylic oxidation sites excluding steroid dienone is 1. The highest BCUT2D eigenvalue weighted by molar-refractivity contribution is 6.07. The lowest BCUT2D eigenvalue weighted by molar-refractivity contribution is -0.169. The molecule has 3 aromatic rings. The van der Waals surface area contributed by atoms with Crippen molar-refractivity contribution >= 4 is 35.2 Å². The van der Waals surface area contributed by atoms with Crippen molar-refractivity contribution in [2.45, 2.75) is 25.7 Å². The minimum atomic E-state index is -0.488. The van der Waals surface area contributed by atoms with E-state index in [1.54, 1.807) is 30.5 Å². The average Bonchev–Trinajstić information content (AvgIpc) is 3.31. The van der Waals surface area contributed by atoms with Gasteiger partial charge in [0.05, 0.1) is 18.6 Å². The molecule has 0 aliphatic carbocycles. The highest BCUT2D eigenvalue weighted by atomic mass is 16.5. The van der Waals surface area contributed by atoms with Crippen LogP contribution in [0.5, 0.6) is 0 Å². The summed E-state index contributed by atoms with van der Waals surface area (Å²) in [5, 5.41) is 7.00. The van der Waals surface area contributed by atoms with Crippen molar-refractivity contribution in [3.05, 3.63) is 60.2 Å². The van der Waals surface area contributed by atoms with Crippen LogP contribution in [0.3, 0.4) is 0 Å². The van der Waals surface area contributed by atoms with Gasteiger partial charge < -0.3 is 26.5 Å². The molecule has 4 heterocycles. The maximum absolute atomic E-state index is 13.2. The molecular formula is C27H30N8O3. The highest BCUT2D eigenvalue weighted by Gasteiger charge is 2.44. The molecule has 2 fully saturated rings. The van der Waals surface area contributed by atoms with E-state index in [0.717, 1.165) is 37.0 Å². The standard InChI is InChI=1S/C27H30N8O3/c1-27(15-38-16-27)26(37)34-12-3-4-19(14-34)24-33-21(22-23(30)31-11-13-35(22)24)17-6-8-18(9-7-17)25(36)32-20(29)5-2-10-28/h2,5-11,13,19,28H,3-4,12,14-16H2,1H3,(H2,30,31)(H2,29,32,36)/t19-/m1/s1. The van der Waals surface area contributed by atoms with E-state index in [9.17, 15) is 9.59 Å². The molecule has 11 heteroatoms. The SMILES string of the molecule is CC1(C(=O)N2CCC[C@@H](c3nc(-c4ccc(C(=O)N=C(N)C=CC=N)cc4)c4c(N)nccn34)C2)COC1. The van der Waals surface area contributed by atoms with Crippen LogP contribution < -0.4 is 11.5 Å². The summed E-state index contributed by atoms with van der Waals surface area (Å²) in [7, 11) is 0. The van der Waals surface area contributed by atoms with Crippen LogP contribution in [-0.2, 0) is 9.53 Å². The third-order valence-electron chi connectivity index (χ3n) is 7.04. The molecule has 2 aromatic heterocycles. The van der Waals surface area contributed by atoms with E-state index in [0.29, 0.717) is 42.4 Å². The third-order valence-corrected chi connectivity index (χ3v) is 7.04. The summed E-state index contributed by atoms with van der Waals surface area (Å²) in [6, 6.07) is 6.90. The number of piperidine rings is 1. The number of nitrogens with two attached hydrogens (primary N) is 2. The largest absolute Gasteiger partial charge is 0.384 e. The van der Waals surface area contributed by atoms with Gasteiger partial charge in [-0.25, -0.2) is 9.97 Å². The van der Waals surface area contributed by atoms with Crippen molar-refractivity contribution < 1.29 is 14.3 Å². The van der Waals surface area contributed by atoms with Gasteiger partial charge in [0.1, 0.15) is 28.7 Å². The van der Waals surface area contributed by atoms with E-state index in [4.69, 9.17) is 26.6 Å². The molecule has 1 atom stereocenters. The number of amides is 2. The van der Waals surface area contributed by atoms with Crippen molar-refractivity contribution in [2.75, 3.05) is 32.0 Å². The number of carbonyl (C=O) groups is 2. The number of nitrogen functional groups attached to an aromatic ring is 1. The van der Waals surface area contributed by atoms with Gasteiger partial charge in [-0.15, -0.1) is 0 Å². The molecule has 0 bridgehead atoms. The lowest BCUT2D eigenvalue weighted by Crippen LogP contribution is -2.55. The molecule has 0 saturated carbocycles. The molecule has 5 rings (SSSR count). The first-order valence-corrected chi connectivity index (χ1v) is 12.5. The van der Waals surface area contributed by atoms with Crippen LogP contribution in [0.15, 0.2) is 53.8 Å². The van der Waals surface area contributed by atoms with Gasteiger partial charge in [0.25, 0.3) is 5.91 Å². The van der Waals surface area contributed by atoms with E-state index in [1.807, 2.05) is 22.4 Å². The number of rotatable bonds is 6. The lowest BCUT2D eigenvalue weighted by Gasteiger charge is -2.42. The molecular weight excluding hydrogens is 484 g/mol. The number of benzene rings is 1. The zero-order chi connectivity index (χ0) is 26.9. The summed E-state index contributed by atoms with van der Waals surface area (Å²) in [4.78, 5) is 40.7. The predicted molar refractivity (Wildman–Crippen MR) is 144 cm³/mol. The summed E-state index contributed by atoms with van der Waals surface area (Å²) in [5.41, 5.74) is 14.1. The van der Waals surface area contributed by atoms with Crippen molar-refractivity contribution in [2.24, 2.45) is 16.1 Å². The van der Waals surface area contributed by atoms with Crippen molar-refractivity contribution in [1.82, 2.24) is 19.3 Å². The third kappa shape index (κ3) is 4.68. The Morgan fingerprint density at radius 1 is 1.26 bits per heavy atom. The van der Waals surface area contributed by atoms with Gasteiger partial charge in [-0.2, -0.15) is 4.99 Å². The van der Waals surface area contributed by atoms with E-state index >= 15 is 0 Å². The smallest absolute Gasteiger partial charge is 0.278 e. The Bertz CT molecular complexity index is 1450. The summed E-state index contributed by atoms with van der Waals surface area (Å²) >= 11 is 0. The number of aromatic nitrogens is 3. The Morgan fingerprint density at radius 3 is 2.71 bits per heavy atom. The highest BCUT2D eigenvalue weighted by Crippen LogP contribution is 2.36. The zero-order valence-electron chi connectivity index (χ0n) is 21.1. The minimum absolute atomic E-state index is 0.0185. The maximum atomic E-state index is 13.2. The van der Waals surface area contributed by atoms with Gasteiger partial charge in [-0.3, -0.25) is 14.0 Å². The number of amidine groups is 1. The first-order valence-electron chi connectivity index (χ1n) is 12.5. The number of imidazole rings is 1. The van der Waals surface area contributed by atoms with Gasteiger partial charge in [0.2, 0.25) is 5.91 Å². The van der Waals surface area contributed by atoms with Crippen LogP contribution in [0, 0.1) is 10.8 Å². The molecule has 1 aromatic carbocycles.